The third-order valence-electron chi connectivity index (χ3n) is 8.53. The van der Waals surface area contributed by atoms with Crippen molar-refractivity contribution in [2.75, 3.05) is 191 Å². The van der Waals surface area contributed by atoms with E-state index in [1.807, 2.05) is 0 Å². The van der Waals surface area contributed by atoms with Crippen LogP contribution < -0.4 is 0 Å². The quantitative estimate of drug-likeness (QED) is 0.0255. The topological polar surface area (TPSA) is 316 Å². The Bertz CT molecular complexity index is 878. The van der Waals surface area contributed by atoms with Crippen LogP contribution in [0.25, 0.3) is 0 Å². The fourth-order valence-corrected chi connectivity index (χ4v) is 4.99. The van der Waals surface area contributed by atoms with E-state index in [0.717, 1.165) is 13.0 Å². The summed E-state index contributed by atoms with van der Waals surface area (Å²) in [4.78, 5) is 1.35. The summed E-state index contributed by atoms with van der Waals surface area (Å²) in [5, 5.41) is 98.2. The lowest BCUT2D eigenvalue weighted by atomic mass is 10.0. The molecule has 0 heterocycles. The van der Waals surface area contributed by atoms with Crippen molar-refractivity contribution in [3.05, 3.63) is 0 Å². The molecule has 0 rings (SSSR count). The molecule has 0 bridgehead atoms. The standard InChI is InChI=1S/C39H81NO22/c1-2-4-51-6-8-53-10-12-55-14-16-57-18-20-59-22-24-61-26-27-62-25-23-60-21-19-58-17-15-56-13-11-54-9-7-52-5-3-40(28-32(43)36(47)38(49)34(45)30-41)29-33(44)37(48)39(50)35(46)31-42/h32-39,41-50H,2-31H2,1H3/t32-,33-,34+,35+,36+,37+,38+,39+/m0/s1. The first kappa shape index (κ1) is 61.1. The number of ether oxygens (including phenoxy) is 12. The maximum atomic E-state index is 10.4. The van der Waals surface area contributed by atoms with Gasteiger partial charge in [-0.3, -0.25) is 4.90 Å². The molecule has 374 valence electrons. The lowest BCUT2D eigenvalue weighted by molar-refractivity contribution is -0.131. The van der Waals surface area contributed by atoms with E-state index in [1.54, 1.807) is 0 Å². The molecular weight excluding hydrogens is 834 g/mol. The van der Waals surface area contributed by atoms with E-state index in [9.17, 15) is 40.9 Å². The van der Waals surface area contributed by atoms with Crippen molar-refractivity contribution in [3.63, 3.8) is 0 Å². The summed E-state index contributed by atoms with van der Waals surface area (Å²) in [6.07, 6.45) is -13.3. The summed E-state index contributed by atoms with van der Waals surface area (Å²) < 4.78 is 65.4. The zero-order valence-corrected chi connectivity index (χ0v) is 36.7. The molecule has 23 heteroatoms. The minimum atomic E-state index is -1.88. The van der Waals surface area contributed by atoms with Gasteiger partial charge in [-0.1, -0.05) is 6.92 Å². The van der Waals surface area contributed by atoms with Crippen molar-refractivity contribution >= 4 is 0 Å². The van der Waals surface area contributed by atoms with Gasteiger partial charge in [-0.05, 0) is 6.42 Å². The highest BCUT2D eigenvalue weighted by molar-refractivity contribution is 4.86. The highest BCUT2D eigenvalue weighted by Crippen LogP contribution is 2.11. The van der Waals surface area contributed by atoms with Gasteiger partial charge in [-0.2, -0.15) is 0 Å². The first-order valence-corrected chi connectivity index (χ1v) is 21.4. The normalized spacial score (nSPS) is 16.1. The molecular formula is C39H81NO22. The van der Waals surface area contributed by atoms with Crippen molar-refractivity contribution in [1.29, 1.82) is 0 Å². The largest absolute Gasteiger partial charge is 0.394 e. The number of hydrogen-bond acceptors (Lipinski definition) is 23. The SMILES string of the molecule is CCCOCCOCCOCCOCCOCCOCCOCCOCCOCCOCCOCCOCCN(C[C@H](O)[C@@H](O)[C@H](O)[C@H](O)CO)C[C@H](O)[C@@H](O)[C@H](O)[C@H](O)CO. The predicted molar refractivity (Wildman–Crippen MR) is 219 cm³/mol. The van der Waals surface area contributed by atoms with Crippen LogP contribution in [0.2, 0.25) is 0 Å². The van der Waals surface area contributed by atoms with Crippen LogP contribution in [0.4, 0.5) is 0 Å². The lowest BCUT2D eigenvalue weighted by Gasteiger charge is -2.33. The average Bonchev–Trinajstić information content (AvgIpc) is 3.28. The second-order valence-electron chi connectivity index (χ2n) is 13.7. The first-order valence-electron chi connectivity index (χ1n) is 21.4. The molecule has 0 aliphatic rings. The Kier molecular flexibility index (Phi) is 44.6. The Labute approximate surface area is 366 Å². The number of rotatable bonds is 50. The Morgan fingerprint density at radius 3 is 0.694 bits per heavy atom. The van der Waals surface area contributed by atoms with E-state index in [-0.39, 0.29) is 39.5 Å². The Morgan fingerprint density at radius 2 is 0.484 bits per heavy atom. The summed E-state index contributed by atoms with van der Waals surface area (Å²) in [7, 11) is 0. The highest BCUT2D eigenvalue weighted by Gasteiger charge is 2.34. The molecule has 0 saturated heterocycles. The molecule has 0 aromatic carbocycles. The Balaban J connectivity index is 3.70. The van der Waals surface area contributed by atoms with Gasteiger partial charge in [-0.25, -0.2) is 0 Å². The second-order valence-corrected chi connectivity index (χ2v) is 13.7. The predicted octanol–water partition coefficient (Wildman–Crippen LogP) is -5.23. The van der Waals surface area contributed by atoms with E-state index in [0.29, 0.717) is 132 Å². The summed E-state index contributed by atoms with van der Waals surface area (Å²) >= 11 is 0. The zero-order valence-electron chi connectivity index (χ0n) is 36.7. The summed E-state index contributed by atoms with van der Waals surface area (Å²) in [6, 6.07) is 0. The number of aliphatic hydroxyl groups excluding tert-OH is 10. The average molecular weight is 916 g/mol. The minimum Gasteiger partial charge on any atom is -0.394 e. The summed E-state index contributed by atoms with van der Waals surface area (Å²) in [6.45, 7) is 9.94. The molecule has 0 radical (unpaired) electrons. The molecule has 0 unspecified atom stereocenters. The molecule has 62 heavy (non-hydrogen) atoms. The molecule has 8 atom stereocenters. The third kappa shape index (κ3) is 36.3. The fourth-order valence-electron chi connectivity index (χ4n) is 4.99. The molecule has 0 saturated carbocycles. The van der Waals surface area contributed by atoms with E-state index in [1.165, 1.54) is 4.90 Å². The van der Waals surface area contributed by atoms with Crippen LogP contribution in [-0.2, 0) is 56.8 Å². The molecule has 10 N–H and O–H groups in total. The van der Waals surface area contributed by atoms with Gasteiger partial charge >= 0.3 is 0 Å². The second kappa shape index (κ2) is 45.2. The van der Waals surface area contributed by atoms with Gasteiger partial charge in [0.05, 0.1) is 177 Å². The number of nitrogens with zero attached hydrogens (tertiary/aromatic N) is 1. The van der Waals surface area contributed by atoms with E-state index in [2.05, 4.69) is 6.92 Å². The molecule has 0 aliphatic carbocycles. The maximum Gasteiger partial charge on any atom is 0.111 e. The third-order valence-corrected chi connectivity index (χ3v) is 8.53. The van der Waals surface area contributed by atoms with Crippen LogP contribution >= 0.6 is 0 Å². The van der Waals surface area contributed by atoms with Gasteiger partial charge < -0.3 is 108 Å². The fraction of sp³-hybridized carbons (Fsp3) is 1.00. The molecule has 0 aliphatic heterocycles. The van der Waals surface area contributed by atoms with E-state index in [4.69, 9.17) is 67.1 Å². The van der Waals surface area contributed by atoms with Gasteiger partial charge in [0.15, 0.2) is 0 Å². The van der Waals surface area contributed by atoms with Crippen LogP contribution in [0.1, 0.15) is 13.3 Å². The molecule has 0 spiro atoms. The van der Waals surface area contributed by atoms with Crippen molar-refractivity contribution < 1.29 is 108 Å². The van der Waals surface area contributed by atoms with Crippen molar-refractivity contribution in [2.24, 2.45) is 0 Å². The van der Waals surface area contributed by atoms with Gasteiger partial charge in [0.1, 0.15) is 36.6 Å². The lowest BCUT2D eigenvalue weighted by Crippen LogP contribution is -2.53. The highest BCUT2D eigenvalue weighted by atomic mass is 16.6. The molecule has 0 fully saturated rings. The van der Waals surface area contributed by atoms with Gasteiger partial charge in [0.2, 0.25) is 0 Å². The molecule has 0 aromatic heterocycles. The molecule has 0 aromatic rings. The monoisotopic (exact) mass is 916 g/mol. The van der Waals surface area contributed by atoms with Gasteiger partial charge in [-0.15, -0.1) is 0 Å². The van der Waals surface area contributed by atoms with Gasteiger partial charge in [0, 0.05) is 26.2 Å². The van der Waals surface area contributed by atoms with Crippen LogP contribution in [-0.4, -0.2) is 296 Å². The molecule has 23 nitrogen and oxygen atoms in total. The smallest absolute Gasteiger partial charge is 0.111 e. The Hall–Kier alpha value is -0.920. The first-order chi connectivity index (χ1) is 30.1. The van der Waals surface area contributed by atoms with Gasteiger partial charge in [0.25, 0.3) is 0 Å². The zero-order chi connectivity index (χ0) is 45.9. The minimum absolute atomic E-state index is 0.0317. The maximum absolute atomic E-state index is 10.4. The summed E-state index contributed by atoms with van der Waals surface area (Å²) in [5.74, 6) is 0. The number of aliphatic hydroxyl groups is 10. The van der Waals surface area contributed by atoms with Crippen molar-refractivity contribution in [3.8, 4) is 0 Å². The summed E-state index contributed by atoms with van der Waals surface area (Å²) in [5.41, 5.74) is 0. The van der Waals surface area contributed by atoms with Crippen LogP contribution in [0, 0.1) is 0 Å². The Morgan fingerprint density at radius 1 is 0.290 bits per heavy atom. The van der Waals surface area contributed by atoms with Crippen molar-refractivity contribution in [2.45, 2.75) is 62.2 Å². The van der Waals surface area contributed by atoms with Crippen LogP contribution in [0.15, 0.2) is 0 Å². The van der Waals surface area contributed by atoms with E-state index >= 15 is 0 Å². The molecule has 0 amide bonds. The van der Waals surface area contributed by atoms with Crippen LogP contribution in [0.3, 0.4) is 0 Å². The van der Waals surface area contributed by atoms with Crippen molar-refractivity contribution in [1.82, 2.24) is 4.90 Å². The number of hydrogen-bond donors (Lipinski definition) is 10. The van der Waals surface area contributed by atoms with Crippen LogP contribution in [0.5, 0.6) is 0 Å². The van der Waals surface area contributed by atoms with E-state index < -0.39 is 62.0 Å².